The van der Waals surface area contributed by atoms with E-state index in [1.807, 2.05) is 18.2 Å². The summed E-state index contributed by atoms with van der Waals surface area (Å²) in [6, 6.07) is 12.0. The number of halogens is 1. The van der Waals surface area contributed by atoms with Crippen LogP contribution in [-0.2, 0) is 0 Å². The maximum Gasteiger partial charge on any atom is 0.336 e. The lowest BCUT2D eigenvalue weighted by Gasteiger charge is -2.26. The summed E-state index contributed by atoms with van der Waals surface area (Å²) in [5, 5.41) is 9.14. The minimum absolute atomic E-state index is 0.0179. The number of rotatable bonds is 4. The summed E-state index contributed by atoms with van der Waals surface area (Å²) in [5.41, 5.74) is 1.11. The Morgan fingerprint density at radius 1 is 1.24 bits per heavy atom. The van der Waals surface area contributed by atoms with Crippen LogP contribution >= 0.6 is 27.7 Å². The normalized spacial score (nSPS) is 16.7. The second-order valence-electron chi connectivity index (χ2n) is 5.46. The summed E-state index contributed by atoms with van der Waals surface area (Å²) >= 11 is 5.10. The Balaban J connectivity index is 1.99. The first-order chi connectivity index (χ1) is 12.0. The Hall–Kier alpha value is -1.99. The number of nitrogens with zero attached hydrogens (tertiary/aromatic N) is 1. The van der Waals surface area contributed by atoms with Gasteiger partial charge in [0.1, 0.15) is 11.1 Å². The van der Waals surface area contributed by atoms with E-state index in [-0.39, 0.29) is 22.4 Å². The molecular formula is C18H16BrNO4S. The van der Waals surface area contributed by atoms with Crippen molar-refractivity contribution in [2.24, 2.45) is 0 Å². The number of carboxylic acids is 1. The lowest BCUT2D eigenvalue weighted by molar-refractivity contribution is 0.0675. The standard InChI is InChI=1S/C18H16BrNO4S/c1-24-15-7-6-11(19)10-14(15)17-20(8-9-25-17)16(21)12-4-2-3-5-13(12)18(22)23/h2-7,10,17H,8-9H2,1H3,(H,22,23). The lowest BCUT2D eigenvalue weighted by atomic mass is 10.1. The van der Waals surface area contributed by atoms with Crippen molar-refractivity contribution in [3.05, 3.63) is 63.6 Å². The van der Waals surface area contributed by atoms with Crippen molar-refractivity contribution in [2.75, 3.05) is 19.4 Å². The third-order valence-electron chi connectivity index (χ3n) is 4.00. The number of benzene rings is 2. The smallest absolute Gasteiger partial charge is 0.336 e. The van der Waals surface area contributed by atoms with E-state index in [4.69, 9.17) is 4.74 Å². The quantitative estimate of drug-likeness (QED) is 0.806. The van der Waals surface area contributed by atoms with Crippen molar-refractivity contribution in [2.45, 2.75) is 5.37 Å². The molecule has 0 radical (unpaired) electrons. The molecule has 2 aromatic rings. The Kier molecular flexibility index (Phi) is 5.34. The Bertz CT molecular complexity index is 826. The highest BCUT2D eigenvalue weighted by Gasteiger charge is 2.34. The van der Waals surface area contributed by atoms with Crippen LogP contribution in [0.5, 0.6) is 5.75 Å². The molecule has 1 saturated heterocycles. The van der Waals surface area contributed by atoms with Gasteiger partial charge < -0.3 is 14.7 Å². The molecule has 1 aliphatic rings. The molecule has 1 heterocycles. The molecular weight excluding hydrogens is 406 g/mol. The molecule has 0 saturated carbocycles. The van der Waals surface area contributed by atoms with Crippen LogP contribution in [0.1, 0.15) is 31.7 Å². The fourth-order valence-electron chi connectivity index (χ4n) is 2.84. The summed E-state index contributed by atoms with van der Waals surface area (Å²) in [6.45, 7) is 0.553. The van der Waals surface area contributed by atoms with Gasteiger partial charge in [-0.1, -0.05) is 28.1 Å². The second kappa shape index (κ2) is 7.49. The molecule has 25 heavy (non-hydrogen) atoms. The van der Waals surface area contributed by atoms with Crippen LogP contribution in [0, 0.1) is 0 Å². The molecule has 1 amide bonds. The summed E-state index contributed by atoms with van der Waals surface area (Å²) in [7, 11) is 1.60. The Morgan fingerprint density at radius 2 is 1.96 bits per heavy atom. The molecule has 7 heteroatoms. The second-order valence-corrected chi connectivity index (χ2v) is 7.56. The SMILES string of the molecule is COc1ccc(Br)cc1C1SCCN1C(=O)c1ccccc1C(=O)O. The van der Waals surface area contributed by atoms with Crippen LogP contribution in [0.4, 0.5) is 0 Å². The van der Waals surface area contributed by atoms with E-state index in [2.05, 4.69) is 15.9 Å². The predicted molar refractivity (Wildman–Crippen MR) is 100 cm³/mol. The molecule has 1 fully saturated rings. The van der Waals surface area contributed by atoms with Crippen molar-refractivity contribution in [3.8, 4) is 5.75 Å². The van der Waals surface area contributed by atoms with Crippen LogP contribution in [0.3, 0.4) is 0 Å². The number of hydrogen-bond acceptors (Lipinski definition) is 4. The number of aromatic carboxylic acids is 1. The van der Waals surface area contributed by atoms with Gasteiger partial charge in [-0.2, -0.15) is 0 Å². The van der Waals surface area contributed by atoms with Gasteiger partial charge in [-0.25, -0.2) is 4.79 Å². The van der Waals surface area contributed by atoms with Crippen LogP contribution < -0.4 is 4.74 Å². The van der Waals surface area contributed by atoms with E-state index in [1.165, 1.54) is 6.07 Å². The summed E-state index contributed by atoms with van der Waals surface area (Å²) in [6.07, 6.45) is 0. The molecule has 0 aromatic heterocycles. The van der Waals surface area contributed by atoms with Crippen molar-refractivity contribution in [1.29, 1.82) is 0 Å². The Morgan fingerprint density at radius 3 is 2.64 bits per heavy atom. The predicted octanol–water partition coefficient (Wildman–Crippen LogP) is 4.04. The van der Waals surface area contributed by atoms with E-state index in [1.54, 1.807) is 42.0 Å². The van der Waals surface area contributed by atoms with Crippen molar-refractivity contribution < 1.29 is 19.4 Å². The zero-order valence-corrected chi connectivity index (χ0v) is 15.8. The molecule has 1 unspecified atom stereocenters. The minimum atomic E-state index is -1.10. The highest BCUT2D eigenvalue weighted by atomic mass is 79.9. The number of thioether (sulfide) groups is 1. The average molecular weight is 422 g/mol. The largest absolute Gasteiger partial charge is 0.496 e. The van der Waals surface area contributed by atoms with Gasteiger partial charge in [0.25, 0.3) is 5.91 Å². The van der Waals surface area contributed by atoms with Gasteiger partial charge in [0, 0.05) is 22.3 Å². The van der Waals surface area contributed by atoms with E-state index in [0.29, 0.717) is 12.3 Å². The number of hydrogen-bond donors (Lipinski definition) is 1. The van der Waals surface area contributed by atoms with Gasteiger partial charge >= 0.3 is 5.97 Å². The molecule has 0 bridgehead atoms. The van der Waals surface area contributed by atoms with Gasteiger partial charge in [0.2, 0.25) is 0 Å². The van der Waals surface area contributed by atoms with Crippen molar-refractivity contribution in [3.63, 3.8) is 0 Å². The molecule has 3 rings (SSSR count). The van der Waals surface area contributed by atoms with Crippen molar-refractivity contribution in [1.82, 2.24) is 4.90 Å². The molecule has 130 valence electrons. The third kappa shape index (κ3) is 3.52. The first-order valence-electron chi connectivity index (χ1n) is 7.61. The minimum Gasteiger partial charge on any atom is -0.496 e. The van der Waals surface area contributed by atoms with Crippen molar-refractivity contribution >= 4 is 39.6 Å². The van der Waals surface area contributed by atoms with Gasteiger partial charge in [-0.15, -0.1) is 11.8 Å². The highest BCUT2D eigenvalue weighted by molar-refractivity contribution is 9.10. The lowest BCUT2D eigenvalue weighted by Crippen LogP contribution is -2.31. The number of carbonyl (C=O) groups is 2. The van der Waals surface area contributed by atoms with Crippen LogP contribution in [-0.4, -0.2) is 41.3 Å². The van der Waals surface area contributed by atoms with Crippen LogP contribution in [0.15, 0.2) is 46.9 Å². The molecule has 0 aliphatic carbocycles. The fourth-order valence-corrected chi connectivity index (χ4v) is 4.49. The monoisotopic (exact) mass is 421 g/mol. The van der Waals surface area contributed by atoms with E-state index >= 15 is 0 Å². The number of ether oxygens (including phenoxy) is 1. The van der Waals surface area contributed by atoms with E-state index in [9.17, 15) is 14.7 Å². The van der Waals surface area contributed by atoms with Crippen LogP contribution in [0.25, 0.3) is 0 Å². The number of carbonyl (C=O) groups excluding carboxylic acids is 1. The molecule has 2 aromatic carbocycles. The molecule has 1 aliphatic heterocycles. The van der Waals surface area contributed by atoms with E-state index < -0.39 is 5.97 Å². The van der Waals surface area contributed by atoms with Gasteiger partial charge in [-0.05, 0) is 30.3 Å². The molecule has 0 spiro atoms. The zero-order chi connectivity index (χ0) is 18.0. The summed E-state index contributed by atoms with van der Waals surface area (Å²) in [4.78, 5) is 26.2. The third-order valence-corrected chi connectivity index (χ3v) is 5.73. The van der Waals surface area contributed by atoms with Gasteiger partial charge in [0.15, 0.2) is 0 Å². The van der Waals surface area contributed by atoms with Crippen LogP contribution in [0.2, 0.25) is 0 Å². The number of carboxylic acid groups (broad SMARTS) is 1. The average Bonchev–Trinajstić information content (AvgIpc) is 3.10. The summed E-state index contributed by atoms with van der Waals surface area (Å²) < 4.78 is 6.34. The summed E-state index contributed by atoms with van der Waals surface area (Å²) in [5.74, 6) is 0.0933. The first kappa shape index (κ1) is 17.8. The zero-order valence-electron chi connectivity index (χ0n) is 13.4. The van der Waals surface area contributed by atoms with Gasteiger partial charge in [0.05, 0.1) is 18.2 Å². The maximum atomic E-state index is 13.0. The highest BCUT2D eigenvalue weighted by Crippen LogP contribution is 2.43. The maximum absolute atomic E-state index is 13.0. The van der Waals surface area contributed by atoms with Gasteiger partial charge in [-0.3, -0.25) is 4.79 Å². The molecule has 1 N–H and O–H groups in total. The topological polar surface area (TPSA) is 66.8 Å². The fraction of sp³-hybridized carbons (Fsp3) is 0.222. The molecule has 5 nitrogen and oxygen atoms in total. The molecule has 1 atom stereocenters. The van der Waals surface area contributed by atoms with E-state index in [0.717, 1.165) is 15.8 Å². The number of methoxy groups -OCH3 is 1. The Labute approximate surface area is 158 Å². The first-order valence-corrected chi connectivity index (χ1v) is 9.45. The number of amides is 1.